The molecular weight excluding hydrogens is 99.0 g/mol. The van der Waals surface area contributed by atoms with Crippen molar-refractivity contribution in [2.75, 3.05) is 6.61 Å². The highest BCUT2D eigenvalue weighted by Crippen LogP contribution is 2.27. The molecule has 0 aromatic carbocycles. The van der Waals surface area contributed by atoms with E-state index in [9.17, 15) is 4.57 Å². The second kappa shape index (κ2) is 1.50. The van der Waals surface area contributed by atoms with Crippen LogP contribution in [-0.4, -0.2) is 6.61 Å². The van der Waals surface area contributed by atoms with Crippen LogP contribution >= 0.6 is 8.03 Å². The van der Waals surface area contributed by atoms with Gasteiger partial charge in [-0.15, -0.1) is 4.52 Å². The maximum atomic E-state index is 10.1. The van der Waals surface area contributed by atoms with Crippen LogP contribution in [0.15, 0.2) is 11.9 Å². The van der Waals surface area contributed by atoms with E-state index in [1.165, 1.54) is 0 Å². The van der Waals surface area contributed by atoms with Crippen molar-refractivity contribution < 1.29 is 9.09 Å². The Morgan fingerprint density at radius 3 is 2.83 bits per heavy atom. The molecule has 0 N–H and O–H groups in total. The molecule has 1 aliphatic heterocycles. The first kappa shape index (κ1) is 3.97. The van der Waals surface area contributed by atoms with Crippen LogP contribution < -0.4 is 0 Å². The van der Waals surface area contributed by atoms with E-state index in [0.29, 0.717) is 6.61 Å². The Hall–Kier alpha value is -0.200. The molecule has 1 rings (SSSR count). The predicted octanol–water partition coefficient (Wildman–Crippen LogP) is 1.27. The van der Waals surface area contributed by atoms with Gasteiger partial charge in [0.2, 0.25) is 0 Å². The molecule has 0 radical (unpaired) electrons. The third kappa shape index (κ3) is 0.644. The van der Waals surface area contributed by atoms with Gasteiger partial charge in [0, 0.05) is 0 Å². The molecule has 0 aliphatic carbocycles. The van der Waals surface area contributed by atoms with Crippen molar-refractivity contribution in [2.45, 2.75) is 0 Å². The van der Waals surface area contributed by atoms with Gasteiger partial charge in [-0.25, -0.2) is 0 Å². The molecule has 0 amide bonds. The average molecular weight is 103 g/mol. The van der Waals surface area contributed by atoms with Crippen LogP contribution in [0.5, 0.6) is 0 Å². The normalized spacial score (nSPS) is 25.7. The summed E-state index contributed by atoms with van der Waals surface area (Å²) in [5, 5.41) is 0. The minimum atomic E-state index is -1.40. The quantitative estimate of drug-likeness (QED) is 0.431. The summed E-state index contributed by atoms with van der Waals surface area (Å²) in [7, 11) is -1.40. The standard InChI is InChI=1S/C3H4O2P/c4-6-3-1-2-5-6/h1,3H,2H2/q+1. The molecule has 0 saturated carbocycles. The van der Waals surface area contributed by atoms with Crippen molar-refractivity contribution >= 4 is 8.03 Å². The maximum Gasteiger partial charge on any atom is 0.540 e. The highest BCUT2D eigenvalue weighted by molar-refractivity contribution is 7.43. The molecule has 1 heterocycles. The highest BCUT2D eigenvalue weighted by Gasteiger charge is 2.15. The van der Waals surface area contributed by atoms with Crippen LogP contribution in [0.1, 0.15) is 0 Å². The van der Waals surface area contributed by atoms with Crippen molar-refractivity contribution in [3.8, 4) is 0 Å². The second-order valence-electron chi connectivity index (χ2n) is 0.966. The molecule has 0 aromatic rings. The lowest BCUT2D eigenvalue weighted by atomic mass is 10.7. The van der Waals surface area contributed by atoms with Crippen LogP contribution in [0.2, 0.25) is 0 Å². The third-order valence-corrected chi connectivity index (χ3v) is 1.38. The van der Waals surface area contributed by atoms with Gasteiger partial charge in [0.1, 0.15) is 6.61 Å². The molecule has 1 unspecified atom stereocenters. The van der Waals surface area contributed by atoms with E-state index in [1.807, 2.05) is 0 Å². The van der Waals surface area contributed by atoms with Crippen molar-refractivity contribution in [1.29, 1.82) is 0 Å². The first-order valence-electron chi connectivity index (χ1n) is 1.65. The fourth-order valence-corrected chi connectivity index (χ4v) is 0.866. The average Bonchev–Trinajstić information content (AvgIpc) is 1.86. The van der Waals surface area contributed by atoms with Crippen LogP contribution in [-0.2, 0) is 9.09 Å². The zero-order valence-electron chi connectivity index (χ0n) is 3.13. The molecule has 0 bridgehead atoms. The fraction of sp³-hybridized carbons (Fsp3) is 0.333. The minimum absolute atomic E-state index is 0.523. The van der Waals surface area contributed by atoms with E-state index in [4.69, 9.17) is 0 Å². The van der Waals surface area contributed by atoms with E-state index in [2.05, 4.69) is 4.52 Å². The van der Waals surface area contributed by atoms with E-state index in [-0.39, 0.29) is 0 Å². The third-order valence-electron chi connectivity index (χ3n) is 0.525. The van der Waals surface area contributed by atoms with E-state index in [1.54, 1.807) is 11.9 Å². The van der Waals surface area contributed by atoms with Crippen molar-refractivity contribution in [2.24, 2.45) is 0 Å². The molecular formula is C3H4O2P+. The van der Waals surface area contributed by atoms with Crippen molar-refractivity contribution in [3.05, 3.63) is 11.9 Å². The van der Waals surface area contributed by atoms with Gasteiger partial charge in [0.25, 0.3) is 0 Å². The van der Waals surface area contributed by atoms with E-state index >= 15 is 0 Å². The monoisotopic (exact) mass is 103 g/mol. The Morgan fingerprint density at radius 1 is 1.83 bits per heavy atom. The second-order valence-corrected chi connectivity index (χ2v) is 2.09. The van der Waals surface area contributed by atoms with Gasteiger partial charge in [-0.3, -0.25) is 0 Å². The van der Waals surface area contributed by atoms with Crippen LogP contribution in [0, 0.1) is 0 Å². The largest absolute Gasteiger partial charge is 0.540 e. The lowest BCUT2D eigenvalue weighted by Crippen LogP contribution is -1.65. The van der Waals surface area contributed by atoms with Crippen molar-refractivity contribution in [1.82, 2.24) is 0 Å². The Kier molecular flexibility index (Phi) is 0.992. The van der Waals surface area contributed by atoms with Gasteiger partial charge in [-0.05, 0) is 10.6 Å². The van der Waals surface area contributed by atoms with Crippen LogP contribution in [0.3, 0.4) is 0 Å². The summed E-state index contributed by atoms with van der Waals surface area (Å²) in [6, 6.07) is 0. The lowest BCUT2D eigenvalue weighted by molar-refractivity contribution is 0.388. The number of rotatable bonds is 0. The summed E-state index contributed by atoms with van der Waals surface area (Å²) >= 11 is 0. The molecule has 1 aliphatic rings. The molecule has 6 heavy (non-hydrogen) atoms. The van der Waals surface area contributed by atoms with Gasteiger partial charge in [0.05, 0.1) is 0 Å². The molecule has 1 atom stereocenters. The Bertz CT molecular complexity index is 97.0. The van der Waals surface area contributed by atoms with Crippen LogP contribution in [0.4, 0.5) is 0 Å². The number of hydrogen-bond acceptors (Lipinski definition) is 2. The topological polar surface area (TPSA) is 26.3 Å². The summed E-state index contributed by atoms with van der Waals surface area (Å²) in [4.78, 5) is 0. The van der Waals surface area contributed by atoms with E-state index < -0.39 is 8.03 Å². The first-order chi connectivity index (χ1) is 2.89. The molecule has 2 nitrogen and oxygen atoms in total. The Morgan fingerprint density at radius 2 is 2.67 bits per heavy atom. The van der Waals surface area contributed by atoms with Gasteiger partial charge < -0.3 is 0 Å². The smallest absolute Gasteiger partial charge is 0.138 e. The minimum Gasteiger partial charge on any atom is -0.138 e. The predicted molar refractivity (Wildman–Crippen MR) is 22.7 cm³/mol. The summed E-state index contributed by atoms with van der Waals surface area (Å²) in [6.45, 7) is 0.523. The zero-order chi connectivity index (χ0) is 4.41. The van der Waals surface area contributed by atoms with Gasteiger partial charge in [0.15, 0.2) is 5.82 Å². The number of hydrogen-bond donors (Lipinski definition) is 0. The van der Waals surface area contributed by atoms with Gasteiger partial charge >= 0.3 is 8.03 Å². The Balaban J connectivity index is 2.59. The Labute approximate surface area is 36.7 Å². The molecule has 0 aromatic heterocycles. The zero-order valence-corrected chi connectivity index (χ0v) is 4.02. The first-order valence-corrected chi connectivity index (χ1v) is 2.90. The SMILES string of the molecule is O=[P+]1C=CCO1. The molecule has 0 saturated heterocycles. The van der Waals surface area contributed by atoms with Crippen molar-refractivity contribution in [3.63, 3.8) is 0 Å². The van der Waals surface area contributed by atoms with Gasteiger partial charge in [-0.1, -0.05) is 0 Å². The molecule has 0 spiro atoms. The summed E-state index contributed by atoms with van der Waals surface area (Å²) in [6.07, 6.45) is 1.75. The summed E-state index contributed by atoms with van der Waals surface area (Å²) in [5.74, 6) is 1.56. The highest BCUT2D eigenvalue weighted by atomic mass is 31.1. The lowest BCUT2D eigenvalue weighted by Gasteiger charge is -1.61. The molecule has 32 valence electrons. The fourth-order valence-electron chi connectivity index (χ4n) is 0.289. The maximum absolute atomic E-state index is 10.1. The summed E-state index contributed by atoms with van der Waals surface area (Å²) in [5.41, 5.74) is 0. The molecule has 0 fully saturated rings. The summed E-state index contributed by atoms with van der Waals surface area (Å²) < 4.78 is 14.6. The van der Waals surface area contributed by atoms with Crippen LogP contribution in [0.25, 0.3) is 0 Å². The van der Waals surface area contributed by atoms with E-state index in [0.717, 1.165) is 0 Å². The van der Waals surface area contributed by atoms with Gasteiger partial charge in [-0.2, -0.15) is 0 Å². The molecule has 3 heteroatoms.